The molecule has 1 aromatic rings. The molecule has 1 N–H and O–H groups in total. The predicted molar refractivity (Wildman–Crippen MR) is 87.0 cm³/mol. The van der Waals surface area contributed by atoms with Crippen molar-refractivity contribution in [3.05, 3.63) is 35.4 Å². The first-order valence-electron chi connectivity index (χ1n) is 8.23. The van der Waals surface area contributed by atoms with Gasteiger partial charge in [-0.15, -0.1) is 0 Å². The maximum absolute atomic E-state index is 12.7. The molecule has 3 atom stereocenters. The quantitative estimate of drug-likeness (QED) is 0.864. The van der Waals surface area contributed by atoms with Crippen LogP contribution in [-0.4, -0.2) is 22.9 Å². The Morgan fingerprint density at radius 2 is 1.90 bits per heavy atom. The van der Waals surface area contributed by atoms with Crippen molar-refractivity contribution in [2.75, 3.05) is 0 Å². The number of nitrogens with zero attached hydrogens (tertiary/aromatic N) is 1. The number of unbranched alkanes of at least 4 members (excludes halogenated alkanes) is 1. The molecule has 3 nitrogen and oxygen atoms in total. The van der Waals surface area contributed by atoms with Crippen LogP contribution in [0.15, 0.2) is 24.3 Å². The minimum Gasteiger partial charge on any atom is -0.319 e. The molecule has 1 saturated heterocycles. The lowest BCUT2D eigenvalue weighted by Gasteiger charge is -2.30. The molecule has 0 aliphatic carbocycles. The molecule has 1 heterocycles. The van der Waals surface area contributed by atoms with Crippen molar-refractivity contribution in [1.29, 1.82) is 0 Å². The Labute approximate surface area is 128 Å². The highest BCUT2D eigenvalue weighted by Crippen LogP contribution is 2.30. The number of rotatable bonds is 6. The van der Waals surface area contributed by atoms with Gasteiger partial charge in [0.05, 0.1) is 6.04 Å². The molecule has 1 aromatic carbocycles. The molecule has 0 aromatic heterocycles. The fraction of sp³-hybridized carbons (Fsp3) is 0.611. The van der Waals surface area contributed by atoms with E-state index in [9.17, 15) is 4.79 Å². The average molecular weight is 288 g/mol. The van der Waals surface area contributed by atoms with Gasteiger partial charge in [0.25, 0.3) is 0 Å². The molecule has 3 heteroatoms. The van der Waals surface area contributed by atoms with Crippen LogP contribution in [0, 0.1) is 6.92 Å². The summed E-state index contributed by atoms with van der Waals surface area (Å²) in [6.45, 7) is 8.53. The molecule has 0 saturated carbocycles. The molecular weight excluding hydrogens is 260 g/mol. The van der Waals surface area contributed by atoms with Crippen LogP contribution in [0.25, 0.3) is 0 Å². The largest absolute Gasteiger partial charge is 0.319 e. The topological polar surface area (TPSA) is 32.3 Å². The summed E-state index contributed by atoms with van der Waals surface area (Å²) in [4.78, 5) is 14.7. The Bertz CT molecular complexity index is 469. The Morgan fingerprint density at radius 3 is 2.48 bits per heavy atom. The number of aryl methyl sites for hydroxylation is 1. The third kappa shape index (κ3) is 3.46. The molecule has 0 bridgehead atoms. The molecular formula is C18H28N2O. The van der Waals surface area contributed by atoms with Gasteiger partial charge < -0.3 is 4.90 Å². The number of hydrogen-bond acceptors (Lipinski definition) is 2. The maximum Gasteiger partial charge on any atom is 0.241 e. The highest BCUT2D eigenvalue weighted by atomic mass is 16.2. The Morgan fingerprint density at radius 1 is 1.24 bits per heavy atom. The molecule has 1 fully saturated rings. The van der Waals surface area contributed by atoms with E-state index in [4.69, 9.17) is 0 Å². The molecule has 1 aliphatic heterocycles. The number of hydrogen-bond donors (Lipinski definition) is 1. The zero-order valence-corrected chi connectivity index (χ0v) is 13.7. The lowest BCUT2D eigenvalue weighted by Crippen LogP contribution is -2.38. The molecule has 21 heavy (non-hydrogen) atoms. The molecule has 0 spiro atoms. The minimum absolute atomic E-state index is 0.0231. The van der Waals surface area contributed by atoms with Crippen LogP contribution in [0.3, 0.4) is 0 Å². The first kappa shape index (κ1) is 16.0. The van der Waals surface area contributed by atoms with Crippen LogP contribution < -0.4 is 5.32 Å². The van der Waals surface area contributed by atoms with E-state index in [1.54, 1.807) is 0 Å². The van der Waals surface area contributed by atoms with Gasteiger partial charge in [-0.2, -0.15) is 0 Å². The standard InChI is InChI=1S/C18H28N2O/c1-5-7-8-14(4)20-17(19-16(6-2)18(20)21)15-11-9-13(3)10-12-15/h9-12,14,16-17,19H,5-8H2,1-4H3. The monoisotopic (exact) mass is 288 g/mol. The molecule has 0 radical (unpaired) electrons. The van der Waals surface area contributed by atoms with E-state index < -0.39 is 0 Å². The number of carbonyl (C=O) groups excluding carboxylic acids is 1. The van der Waals surface area contributed by atoms with Crippen molar-refractivity contribution in [2.24, 2.45) is 0 Å². The normalized spacial score (nSPS) is 23.6. The Balaban J connectivity index is 2.23. The fourth-order valence-corrected chi connectivity index (χ4v) is 3.06. The summed E-state index contributed by atoms with van der Waals surface area (Å²) in [6, 6.07) is 8.76. The summed E-state index contributed by atoms with van der Waals surface area (Å²) in [5, 5.41) is 3.51. The van der Waals surface area contributed by atoms with Crippen molar-refractivity contribution in [3.63, 3.8) is 0 Å². The zero-order valence-electron chi connectivity index (χ0n) is 13.7. The first-order valence-corrected chi connectivity index (χ1v) is 8.23. The van der Waals surface area contributed by atoms with E-state index in [0.717, 1.165) is 12.8 Å². The summed E-state index contributed by atoms with van der Waals surface area (Å²) in [5.41, 5.74) is 2.44. The van der Waals surface area contributed by atoms with Crippen molar-refractivity contribution >= 4 is 5.91 Å². The Hall–Kier alpha value is -1.35. The summed E-state index contributed by atoms with van der Waals surface area (Å²) in [6.07, 6.45) is 4.28. The highest BCUT2D eigenvalue weighted by molar-refractivity contribution is 5.84. The smallest absolute Gasteiger partial charge is 0.241 e. The van der Waals surface area contributed by atoms with E-state index in [1.807, 2.05) is 0 Å². The Kier molecular flexibility index (Phi) is 5.40. The molecule has 116 valence electrons. The second-order valence-corrected chi connectivity index (χ2v) is 6.18. The van der Waals surface area contributed by atoms with Crippen LogP contribution in [-0.2, 0) is 4.79 Å². The summed E-state index contributed by atoms with van der Waals surface area (Å²) >= 11 is 0. The van der Waals surface area contributed by atoms with Crippen molar-refractivity contribution in [1.82, 2.24) is 10.2 Å². The third-order valence-electron chi connectivity index (χ3n) is 4.44. The van der Waals surface area contributed by atoms with Crippen LogP contribution in [0.5, 0.6) is 0 Å². The summed E-state index contributed by atoms with van der Waals surface area (Å²) in [5.74, 6) is 0.256. The van der Waals surface area contributed by atoms with E-state index in [-0.39, 0.29) is 24.2 Å². The van der Waals surface area contributed by atoms with Gasteiger partial charge in [0.15, 0.2) is 0 Å². The van der Waals surface area contributed by atoms with Gasteiger partial charge >= 0.3 is 0 Å². The van der Waals surface area contributed by atoms with E-state index in [2.05, 4.69) is 62.2 Å². The van der Waals surface area contributed by atoms with E-state index in [0.29, 0.717) is 0 Å². The number of nitrogens with one attached hydrogen (secondary N) is 1. The SMILES string of the molecule is CCCCC(C)N1C(=O)C(CC)NC1c1ccc(C)cc1. The van der Waals surface area contributed by atoms with Crippen LogP contribution >= 0.6 is 0 Å². The van der Waals surface area contributed by atoms with Gasteiger partial charge in [0.1, 0.15) is 6.17 Å². The number of carbonyl (C=O) groups is 1. The second-order valence-electron chi connectivity index (χ2n) is 6.18. The van der Waals surface area contributed by atoms with Gasteiger partial charge in [0.2, 0.25) is 5.91 Å². The average Bonchev–Trinajstić information content (AvgIpc) is 2.82. The number of amides is 1. The lowest BCUT2D eigenvalue weighted by molar-refractivity contribution is -0.132. The molecule has 3 unspecified atom stereocenters. The van der Waals surface area contributed by atoms with Gasteiger partial charge in [-0.05, 0) is 32.3 Å². The van der Waals surface area contributed by atoms with Gasteiger partial charge in [-0.3, -0.25) is 10.1 Å². The molecule has 2 rings (SSSR count). The van der Waals surface area contributed by atoms with E-state index >= 15 is 0 Å². The van der Waals surface area contributed by atoms with Crippen LogP contribution in [0.1, 0.15) is 63.7 Å². The van der Waals surface area contributed by atoms with Crippen molar-refractivity contribution < 1.29 is 4.79 Å². The van der Waals surface area contributed by atoms with Crippen molar-refractivity contribution in [3.8, 4) is 0 Å². The maximum atomic E-state index is 12.7. The first-order chi connectivity index (χ1) is 10.1. The predicted octanol–water partition coefficient (Wildman–Crippen LogP) is 3.78. The molecule has 1 amide bonds. The second kappa shape index (κ2) is 7.08. The van der Waals surface area contributed by atoms with Crippen molar-refractivity contribution in [2.45, 2.75) is 71.6 Å². The fourth-order valence-electron chi connectivity index (χ4n) is 3.06. The minimum atomic E-state index is -0.0413. The summed E-state index contributed by atoms with van der Waals surface area (Å²) in [7, 11) is 0. The third-order valence-corrected chi connectivity index (χ3v) is 4.44. The summed E-state index contributed by atoms with van der Waals surface area (Å²) < 4.78 is 0. The lowest BCUT2D eigenvalue weighted by atomic mass is 10.1. The van der Waals surface area contributed by atoms with Gasteiger partial charge in [-0.1, -0.05) is 56.5 Å². The van der Waals surface area contributed by atoms with E-state index in [1.165, 1.54) is 24.0 Å². The molecule has 1 aliphatic rings. The van der Waals surface area contributed by atoms with Gasteiger partial charge in [-0.25, -0.2) is 0 Å². The zero-order chi connectivity index (χ0) is 15.4. The highest BCUT2D eigenvalue weighted by Gasteiger charge is 2.40. The number of benzene rings is 1. The van der Waals surface area contributed by atoms with Crippen LogP contribution in [0.4, 0.5) is 0 Å². The van der Waals surface area contributed by atoms with Crippen LogP contribution in [0.2, 0.25) is 0 Å². The van der Waals surface area contributed by atoms with Gasteiger partial charge in [0, 0.05) is 6.04 Å².